The smallest absolute Gasteiger partial charge is 0.406 e. The number of fused-ring (bicyclic) bond motifs is 1. The first-order valence-corrected chi connectivity index (χ1v) is 10.1. The van der Waals surface area contributed by atoms with Gasteiger partial charge in [0.05, 0.1) is 17.1 Å². The standard InChI is InChI=1S/C23H19ClF3N2O2/c24-21-6-3-5-19-20(21)15-29(22(19)30,13-11-17-4-1-2-12-28-17)14-16-7-9-18(10-8-16)31-23(25,26)27/h1-10,12H,11,13-15H2/q+1. The zero-order valence-corrected chi connectivity index (χ0v) is 17.2. The van der Waals surface area contributed by atoms with Crippen LogP contribution in [0.5, 0.6) is 5.75 Å². The van der Waals surface area contributed by atoms with Crippen LogP contribution in [0.4, 0.5) is 13.2 Å². The third-order valence-electron chi connectivity index (χ3n) is 5.41. The molecule has 4 nitrogen and oxygen atoms in total. The van der Waals surface area contributed by atoms with Crippen LogP contribution >= 0.6 is 11.6 Å². The summed E-state index contributed by atoms with van der Waals surface area (Å²) < 4.78 is 41.4. The van der Waals surface area contributed by atoms with Crippen molar-refractivity contribution >= 4 is 17.5 Å². The van der Waals surface area contributed by atoms with Crippen molar-refractivity contribution in [3.8, 4) is 5.75 Å². The molecule has 0 bridgehead atoms. The Morgan fingerprint density at radius 3 is 2.45 bits per heavy atom. The van der Waals surface area contributed by atoms with Gasteiger partial charge in [0.25, 0.3) is 0 Å². The molecule has 160 valence electrons. The van der Waals surface area contributed by atoms with E-state index in [9.17, 15) is 18.0 Å². The number of pyridine rings is 1. The van der Waals surface area contributed by atoms with Crippen molar-refractivity contribution in [2.45, 2.75) is 25.9 Å². The zero-order chi connectivity index (χ0) is 22.1. The molecule has 0 radical (unpaired) electrons. The number of amides is 1. The van der Waals surface area contributed by atoms with Crippen LogP contribution in [0.2, 0.25) is 5.02 Å². The predicted molar refractivity (Wildman–Crippen MR) is 109 cm³/mol. The van der Waals surface area contributed by atoms with Gasteiger partial charge in [0, 0.05) is 29.4 Å². The number of rotatable bonds is 6. The lowest BCUT2D eigenvalue weighted by atomic mass is 10.1. The second-order valence-corrected chi connectivity index (χ2v) is 7.93. The molecule has 1 aliphatic heterocycles. The van der Waals surface area contributed by atoms with E-state index in [1.54, 1.807) is 36.5 Å². The highest BCUT2D eigenvalue weighted by Gasteiger charge is 2.46. The number of benzene rings is 2. The molecule has 0 spiro atoms. The summed E-state index contributed by atoms with van der Waals surface area (Å²) in [5, 5.41) is 0.539. The molecule has 1 atom stereocenters. The van der Waals surface area contributed by atoms with Gasteiger partial charge in [0.2, 0.25) is 0 Å². The van der Waals surface area contributed by atoms with E-state index >= 15 is 0 Å². The van der Waals surface area contributed by atoms with Crippen LogP contribution in [0, 0.1) is 0 Å². The van der Waals surface area contributed by atoms with E-state index in [4.69, 9.17) is 11.6 Å². The van der Waals surface area contributed by atoms with E-state index in [1.165, 1.54) is 12.1 Å². The highest BCUT2D eigenvalue weighted by molar-refractivity contribution is 6.32. The van der Waals surface area contributed by atoms with Gasteiger partial charge in [-0.3, -0.25) is 4.98 Å². The molecule has 0 aliphatic carbocycles. The van der Waals surface area contributed by atoms with Crippen LogP contribution < -0.4 is 4.74 Å². The van der Waals surface area contributed by atoms with E-state index in [-0.39, 0.29) is 16.1 Å². The maximum absolute atomic E-state index is 13.5. The Bertz CT molecular complexity index is 1090. The van der Waals surface area contributed by atoms with Gasteiger partial charge >= 0.3 is 12.3 Å². The summed E-state index contributed by atoms with van der Waals surface area (Å²) >= 11 is 6.37. The van der Waals surface area contributed by atoms with Gasteiger partial charge in [0.15, 0.2) is 0 Å². The monoisotopic (exact) mass is 447 g/mol. The molecule has 2 heterocycles. The molecular formula is C23H19ClF3N2O2+. The normalized spacial score (nSPS) is 18.1. The average molecular weight is 448 g/mol. The molecule has 2 aromatic carbocycles. The van der Waals surface area contributed by atoms with Crippen molar-refractivity contribution in [2.24, 2.45) is 0 Å². The first-order valence-electron chi connectivity index (χ1n) is 9.69. The lowest BCUT2D eigenvalue weighted by molar-refractivity contribution is -0.871. The number of aromatic nitrogens is 1. The van der Waals surface area contributed by atoms with Gasteiger partial charge < -0.3 is 4.74 Å². The van der Waals surface area contributed by atoms with Crippen LogP contribution in [0.3, 0.4) is 0 Å². The summed E-state index contributed by atoms with van der Waals surface area (Å²) in [7, 11) is 0. The average Bonchev–Trinajstić information content (AvgIpc) is 3.01. The number of alkyl halides is 3. The van der Waals surface area contributed by atoms with E-state index in [0.717, 1.165) is 16.8 Å². The third-order valence-corrected chi connectivity index (χ3v) is 5.76. The Balaban J connectivity index is 1.62. The van der Waals surface area contributed by atoms with Crippen molar-refractivity contribution in [3.05, 3.63) is 94.3 Å². The van der Waals surface area contributed by atoms with Crippen LogP contribution in [0.25, 0.3) is 0 Å². The largest absolute Gasteiger partial charge is 0.573 e. The van der Waals surface area contributed by atoms with Crippen molar-refractivity contribution in [3.63, 3.8) is 0 Å². The molecule has 0 fully saturated rings. The minimum atomic E-state index is -4.75. The lowest BCUT2D eigenvalue weighted by Crippen LogP contribution is -2.48. The summed E-state index contributed by atoms with van der Waals surface area (Å²) in [6.07, 6.45) is -2.47. The Morgan fingerprint density at radius 2 is 1.81 bits per heavy atom. The SMILES string of the molecule is O=C1c2cccc(Cl)c2C[N+]1(CCc1ccccn1)Cc1ccc(OC(F)(F)F)cc1. The van der Waals surface area contributed by atoms with Gasteiger partial charge in [-0.05, 0) is 48.5 Å². The minimum Gasteiger partial charge on any atom is -0.406 e. The van der Waals surface area contributed by atoms with Gasteiger partial charge in [-0.25, -0.2) is 9.28 Å². The predicted octanol–water partition coefficient (Wildman–Crippen LogP) is 5.55. The van der Waals surface area contributed by atoms with Crippen LogP contribution in [-0.2, 0) is 19.5 Å². The van der Waals surface area contributed by atoms with Crippen molar-refractivity contribution in [2.75, 3.05) is 6.54 Å². The van der Waals surface area contributed by atoms with E-state index in [0.29, 0.717) is 36.6 Å². The zero-order valence-electron chi connectivity index (χ0n) is 16.4. The minimum absolute atomic E-state index is 0.0518. The number of hydrogen-bond acceptors (Lipinski definition) is 3. The molecule has 8 heteroatoms. The fourth-order valence-electron chi connectivity index (χ4n) is 3.96. The summed E-state index contributed by atoms with van der Waals surface area (Å²) in [5.74, 6) is -0.348. The highest BCUT2D eigenvalue weighted by atomic mass is 35.5. The molecule has 1 unspecified atom stereocenters. The summed E-state index contributed by atoms with van der Waals surface area (Å²) in [6, 6.07) is 16.5. The van der Waals surface area contributed by atoms with Gasteiger partial charge in [0.1, 0.15) is 18.8 Å². The van der Waals surface area contributed by atoms with Crippen LogP contribution in [0.1, 0.15) is 27.2 Å². The van der Waals surface area contributed by atoms with Gasteiger partial charge in [-0.15, -0.1) is 13.2 Å². The number of ether oxygens (including phenoxy) is 1. The van der Waals surface area contributed by atoms with Gasteiger partial charge in [-0.1, -0.05) is 23.7 Å². The van der Waals surface area contributed by atoms with E-state index in [2.05, 4.69) is 9.72 Å². The maximum atomic E-state index is 13.5. The van der Waals surface area contributed by atoms with E-state index in [1.807, 2.05) is 18.2 Å². The number of quaternary nitrogens is 1. The Morgan fingerprint density at radius 1 is 1.03 bits per heavy atom. The third kappa shape index (κ3) is 4.73. The first-order chi connectivity index (χ1) is 14.8. The van der Waals surface area contributed by atoms with Crippen molar-refractivity contribution in [1.82, 2.24) is 4.98 Å². The van der Waals surface area contributed by atoms with Gasteiger partial charge in [-0.2, -0.15) is 0 Å². The topological polar surface area (TPSA) is 39.2 Å². The summed E-state index contributed by atoms with van der Waals surface area (Å²) in [4.78, 5) is 17.8. The molecule has 1 aliphatic rings. The quantitative estimate of drug-likeness (QED) is 0.465. The Hall–Kier alpha value is -2.90. The van der Waals surface area contributed by atoms with Crippen molar-refractivity contribution in [1.29, 1.82) is 0 Å². The molecule has 0 saturated carbocycles. The molecule has 31 heavy (non-hydrogen) atoms. The van der Waals surface area contributed by atoms with Crippen LogP contribution in [0.15, 0.2) is 66.9 Å². The maximum Gasteiger partial charge on any atom is 0.573 e. The molecule has 0 saturated heterocycles. The first kappa shape index (κ1) is 21.3. The number of carbonyl (C=O) groups is 1. The Labute approximate surface area is 182 Å². The van der Waals surface area contributed by atoms with Crippen molar-refractivity contribution < 1.29 is 27.2 Å². The molecule has 0 N–H and O–H groups in total. The second-order valence-electron chi connectivity index (χ2n) is 7.52. The molecule has 4 rings (SSSR count). The molecule has 1 aromatic heterocycles. The second kappa shape index (κ2) is 8.32. The number of hydrogen-bond donors (Lipinski definition) is 0. The fraction of sp³-hybridized carbons (Fsp3) is 0.217. The Kier molecular flexibility index (Phi) is 5.73. The number of carbonyl (C=O) groups excluding carboxylic acids is 1. The van der Waals surface area contributed by atoms with E-state index < -0.39 is 6.36 Å². The summed E-state index contributed by atoms with van der Waals surface area (Å²) in [5.41, 5.74) is 2.98. The van der Waals surface area contributed by atoms with Crippen LogP contribution in [-0.4, -0.2) is 28.3 Å². The molecule has 1 amide bonds. The number of nitrogens with zero attached hydrogens (tertiary/aromatic N) is 2. The number of halogens is 4. The summed E-state index contributed by atoms with van der Waals surface area (Å²) in [6.45, 7) is 1.23. The molecule has 3 aromatic rings. The lowest BCUT2D eigenvalue weighted by Gasteiger charge is -2.31. The molecular weight excluding hydrogens is 429 g/mol. The highest BCUT2D eigenvalue weighted by Crippen LogP contribution is 2.36. The fourth-order valence-corrected chi connectivity index (χ4v) is 4.19.